The summed E-state index contributed by atoms with van der Waals surface area (Å²) < 4.78 is 8.30. The molecule has 0 saturated heterocycles. The average molecular weight is 278 g/mol. The van der Waals surface area contributed by atoms with Gasteiger partial charge in [-0.15, -0.1) is 0 Å². The number of aromatic nitrogens is 3. The molecule has 0 aliphatic rings. The van der Waals surface area contributed by atoms with E-state index in [0.717, 1.165) is 0 Å². The van der Waals surface area contributed by atoms with Gasteiger partial charge < -0.3 is 14.6 Å². The molecule has 0 aromatic carbocycles. The summed E-state index contributed by atoms with van der Waals surface area (Å²) in [6, 6.07) is -0.295. The Morgan fingerprint density at radius 2 is 2.20 bits per heavy atom. The van der Waals surface area contributed by atoms with Crippen molar-refractivity contribution in [3.8, 4) is 0 Å². The van der Waals surface area contributed by atoms with Gasteiger partial charge in [0.15, 0.2) is 0 Å². The van der Waals surface area contributed by atoms with Gasteiger partial charge in [0, 0.05) is 25.5 Å². The van der Waals surface area contributed by atoms with E-state index in [2.05, 4.69) is 10.4 Å². The fourth-order valence-electron chi connectivity index (χ4n) is 2.03. The molecule has 7 heteroatoms. The maximum atomic E-state index is 12.2. The summed E-state index contributed by atoms with van der Waals surface area (Å²) in [6.07, 6.45) is 5.26. The zero-order valence-electron chi connectivity index (χ0n) is 11.8. The Kier molecular flexibility index (Phi) is 4.07. The van der Waals surface area contributed by atoms with E-state index in [1.54, 1.807) is 24.6 Å². The quantitative estimate of drug-likeness (QED) is 0.818. The van der Waals surface area contributed by atoms with Crippen molar-refractivity contribution >= 4 is 17.5 Å². The molecule has 0 fully saturated rings. The van der Waals surface area contributed by atoms with Crippen LogP contribution in [0.1, 0.15) is 30.6 Å². The Labute approximate surface area is 116 Å². The number of carbonyl (C=O) groups excluding carboxylic acids is 2. The summed E-state index contributed by atoms with van der Waals surface area (Å²) in [5.41, 5.74) is 1.19. The van der Waals surface area contributed by atoms with Crippen molar-refractivity contribution in [2.75, 3.05) is 6.61 Å². The Bertz CT molecular complexity index is 629. The molecule has 7 nitrogen and oxygen atoms in total. The lowest BCUT2D eigenvalue weighted by Gasteiger charge is -2.12. The van der Waals surface area contributed by atoms with Crippen LogP contribution in [0.25, 0.3) is 5.65 Å². The minimum absolute atomic E-state index is 0.150. The third-order valence-electron chi connectivity index (χ3n) is 2.94. The highest BCUT2D eigenvalue weighted by Gasteiger charge is 2.18. The summed E-state index contributed by atoms with van der Waals surface area (Å²) in [5.74, 6) is -0.571. The van der Waals surface area contributed by atoms with Gasteiger partial charge in [-0.05, 0) is 13.8 Å². The van der Waals surface area contributed by atoms with Gasteiger partial charge in [0.2, 0.25) is 0 Å². The normalized spacial score (nSPS) is 12.3. The number of esters is 1. The summed E-state index contributed by atoms with van der Waals surface area (Å²) in [6.45, 7) is 3.85. The molecule has 0 aliphatic carbocycles. The minimum atomic E-state index is -0.320. The number of hydrogen-bond acceptors (Lipinski definition) is 4. The van der Waals surface area contributed by atoms with Gasteiger partial charge >= 0.3 is 5.97 Å². The summed E-state index contributed by atoms with van der Waals surface area (Å²) in [7, 11) is 1.84. The van der Waals surface area contributed by atoms with E-state index in [1.165, 1.54) is 6.20 Å². The van der Waals surface area contributed by atoms with Crippen molar-refractivity contribution in [1.82, 2.24) is 19.5 Å². The highest BCUT2D eigenvalue weighted by Crippen LogP contribution is 2.10. The number of imidazole rings is 1. The molecular formula is C13H18N4O3. The summed E-state index contributed by atoms with van der Waals surface area (Å²) in [5, 5.41) is 6.88. The van der Waals surface area contributed by atoms with Crippen LogP contribution in [-0.2, 0) is 16.6 Å². The van der Waals surface area contributed by atoms with E-state index >= 15 is 0 Å². The van der Waals surface area contributed by atoms with Gasteiger partial charge in [-0.2, -0.15) is 5.10 Å². The predicted octanol–water partition coefficient (Wildman–Crippen LogP) is 0.744. The van der Waals surface area contributed by atoms with E-state index in [1.807, 2.05) is 17.8 Å². The highest BCUT2D eigenvalue weighted by molar-refractivity contribution is 6.00. The molecule has 0 aliphatic heterocycles. The number of ether oxygens (including phenoxy) is 1. The van der Waals surface area contributed by atoms with Gasteiger partial charge in [0.05, 0.1) is 19.2 Å². The molecule has 2 aromatic rings. The number of aryl methyl sites for hydroxylation is 1. The molecule has 0 bridgehead atoms. The monoisotopic (exact) mass is 278 g/mol. The van der Waals surface area contributed by atoms with Crippen LogP contribution in [0, 0.1) is 0 Å². The molecule has 1 amide bonds. The van der Waals surface area contributed by atoms with Gasteiger partial charge in [-0.25, -0.2) is 4.52 Å². The van der Waals surface area contributed by atoms with Crippen LogP contribution in [0.4, 0.5) is 0 Å². The molecule has 2 heterocycles. The first-order chi connectivity index (χ1) is 9.52. The Morgan fingerprint density at radius 3 is 2.90 bits per heavy atom. The molecule has 2 aromatic heterocycles. The van der Waals surface area contributed by atoms with Crippen molar-refractivity contribution in [2.24, 2.45) is 7.05 Å². The average Bonchev–Trinajstić information content (AvgIpc) is 2.92. The lowest BCUT2D eigenvalue weighted by Crippen LogP contribution is -2.34. The number of nitrogens with zero attached hydrogens (tertiary/aromatic N) is 3. The number of amides is 1. The Morgan fingerprint density at radius 1 is 1.45 bits per heavy atom. The van der Waals surface area contributed by atoms with Crippen LogP contribution >= 0.6 is 0 Å². The summed E-state index contributed by atoms with van der Waals surface area (Å²) >= 11 is 0. The number of carbonyl (C=O) groups is 2. The molecule has 2 rings (SSSR count). The number of nitrogens with one attached hydrogen (secondary N) is 1. The standard InChI is InChI=1S/C13H18N4O3/c1-4-20-11(18)7-9(2)15-12(19)10-8-14-17-6-5-16(3)13(10)17/h5-6,8-9H,4,7H2,1-3H3,(H,15,19)/t9-/m0/s1. The largest absolute Gasteiger partial charge is 0.466 e. The first-order valence-electron chi connectivity index (χ1n) is 6.48. The molecule has 1 N–H and O–H groups in total. The highest BCUT2D eigenvalue weighted by atomic mass is 16.5. The molecule has 1 atom stereocenters. The zero-order chi connectivity index (χ0) is 14.7. The number of hydrogen-bond donors (Lipinski definition) is 1. The molecule has 0 spiro atoms. The lowest BCUT2D eigenvalue weighted by atomic mass is 10.2. The van der Waals surface area contributed by atoms with E-state index in [4.69, 9.17) is 4.74 Å². The van der Waals surface area contributed by atoms with E-state index in [-0.39, 0.29) is 24.3 Å². The topological polar surface area (TPSA) is 77.6 Å². The molecule has 0 unspecified atom stereocenters. The predicted molar refractivity (Wildman–Crippen MR) is 72.3 cm³/mol. The van der Waals surface area contributed by atoms with E-state index in [9.17, 15) is 9.59 Å². The second-order valence-corrected chi connectivity index (χ2v) is 4.62. The van der Waals surface area contributed by atoms with E-state index < -0.39 is 0 Å². The van der Waals surface area contributed by atoms with Crippen molar-refractivity contribution < 1.29 is 14.3 Å². The van der Waals surface area contributed by atoms with Crippen molar-refractivity contribution in [3.05, 3.63) is 24.2 Å². The Balaban J connectivity index is 2.04. The smallest absolute Gasteiger partial charge is 0.307 e. The number of rotatable bonds is 5. The van der Waals surface area contributed by atoms with Gasteiger partial charge in [0.25, 0.3) is 5.91 Å². The molecule has 0 saturated carbocycles. The van der Waals surface area contributed by atoms with Crippen LogP contribution in [0.15, 0.2) is 18.6 Å². The molecular weight excluding hydrogens is 260 g/mol. The van der Waals surface area contributed by atoms with Crippen molar-refractivity contribution in [1.29, 1.82) is 0 Å². The second kappa shape index (κ2) is 5.77. The fourth-order valence-corrected chi connectivity index (χ4v) is 2.03. The maximum Gasteiger partial charge on any atom is 0.307 e. The summed E-state index contributed by atoms with van der Waals surface area (Å²) in [4.78, 5) is 23.5. The van der Waals surface area contributed by atoms with Gasteiger partial charge in [-0.3, -0.25) is 9.59 Å². The zero-order valence-corrected chi connectivity index (χ0v) is 11.8. The van der Waals surface area contributed by atoms with Crippen LogP contribution in [0.5, 0.6) is 0 Å². The van der Waals surface area contributed by atoms with Crippen molar-refractivity contribution in [3.63, 3.8) is 0 Å². The Hall–Kier alpha value is -2.31. The van der Waals surface area contributed by atoms with Crippen LogP contribution < -0.4 is 5.32 Å². The maximum absolute atomic E-state index is 12.2. The molecule has 0 radical (unpaired) electrons. The van der Waals surface area contributed by atoms with Crippen LogP contribution in [0.3, 0.4) is 0 Å². The van der Waals surface area contributed by atoms with Gasteiger partial charge in [0.1, 0.15) is 11.2 Å². The van der Waals surface area contributed by atoms with Crippen LogP contribution in [-0.4, -0.2) is 38.7 Å². The van der Waals surface area contributed by atoms with Crippen LogP contribution in [0.2, 0.25) is 0 Å². The minimum Gasteiger partial charge on any atom is -0.466 e. The van der Waals surface area contributed by atoms with Crippen molar-refractivity contribution in [2.45, 2.75) is 26.3 Å². The number of fused-ring (bicyclic) bond motifs is 1. The van der Waals surface area contributed by atoms with E-state index in [0.29, 0.717) is 17.8 Å². The third-order valence-corrected chi connectivity index (χ3v) is 2.94. The lowest BCUT2D eigenvalue weighted by molar-refractivity contribution is -0.143. The molecule has 108 valence electrons. The second-order valence-electron chi connectivity index (χ2n) is 4.62. The third kappa shape index (κ3) is 2.81. The molecule has 20 heavy (non-hydrogen) atoms. The van der Waals surface area contributed by atoms with Gasteiger partial charge in [-0.1, -0.05) is 0 Å². The SMILES string of the molecule is CCOC(=O)C[C@H](C)NC(=O)c1cnn2ccn(C)c12. The first-order valence-corrected chi connectivity index (χ1v) is 6.48. The fraction of sp³-hybridized carbons (Fsp3) is 0.462. The first kappa shape index (κ1) is 14.1.